The monoisotopic (exact) mass is 380 g/mol. The molecule has 8 N–H and O–H groups in total. The molecule has 9 atom stereocenters. The smallest absolute Gasteiger partial charge is 0.547 e. The number of ether oxygens (including phenoxy) is 2. The van der Waals surface area contributed by atoms with E-state index in [0.717, 1.165) is 0 Å². The predicted octanol–water partition coefficient (Wildman–Crippen LogP) is -10.00. The van der Waals surface area contributed by atoms with Crippen molar-refractivity contribution in [3.05, 3.63) is 0 Å². The number of aliphatic carboxylic acids is 1. The van der Waals surface area contributed by atoms with Gasteiger partial charge in [-0.05, 0) is 0 Å². The molecular formula is C12H21NaO12. The van der Waals surface area contributed by atoms with E-state index in [1.165, 1.54) is 0 Å². The molecule has 0 aromatic carbocycles. The van der Waals surface area contributed by atoms with Gasteiger partial charge in [-0.15, -0.1) is 0 Å². The van der Waals surface area contributed by atoms with E-state index >= 15 is 0 Å². The number of carbonyl (C=O) groups is 1. The molecule has 0 unspecified atom stereocenters. The molecule has 1 aliphatic rings. The number of hydrogen-bond donors (Lipinski definition) is 8. The second kappa shape index (κ2) is 11.0. The first-order chi connectivity index (χ1) is 11.1. The molecule has 0 aromatic rings. The molecule has 0 saturated carbocycles. The molecular weight excluding hydrogens is 359 g/mol. The van der Waals surface area contributed by atoms with Gasteiger partial charge in [-0.25, -0.2) is 0 Å². The van der Waals surface area contributed by atoms with Gasteiger partial charge in [-0.3, -0.25) is 0 Å². The molecule has 0 bridgehead atoms. The van der Waals surface area contributed by atoms with Gasteiger partial charge in [0, 0.05) is 0 Å². The van der Waals surface area contributed by atoms with E-state index in [-0.39, 0.29) is 29.6 Å². The maximum Gasteiger partial charge on any atom is 1.00 e. The van der Waals surface area contributed by atoms with Gasteiger partial charge in [0.15, 0.2) is 6.29 Å². The van der Waals surface area contributed by atoms with Gasteiger partial charge in [-0.1, -0.05) is 0 Å². The molecule has 1 fully saturated rings. The van der Waals surface area contributed by atoms with E-state index in [1.807, 2.05) is 0 Å². The zero-order chi connectivity index (χ0) is 18.6. The zero-order valence-electron chi connectivity index (χ0n) is 13.3. The summed E-state index contributed by atoms with van der Waals surface area (Å²) in [6.07, 6.45) is -17.4. The number of rotatable bonds is 8. The molecule has 0 aliphatic carbocycles. The summed E-state index contributed by atoms with van der Waals surface area (Å²) in [6, 6.07) is 0. The van der Waals surface area contributed by atoms with E-state index < -0.39 is 74.3 Å². The molecule has 0 spiro atoms. The van der Waals surface area contributed by atoms with Crippen LogP contribution in [0.25, 0.3) is 0 Å². The third-order valence-corrected chi connectivity index (χ3v) is 3.61. The van der Waals surface area contributed by atoms with Crippen molar-refractivity contribution in [2.24, 2.45) is 0 Å². The second-order valence-corrected chi connectivity index (χ2v) is 5.30. The molecule has 0 amide bonds. The number of carboxylic acid groups (broad SMARTS) is 1. The van der Waals surface area contributed by atoms with Crippen LogP contribution in [-0.2, 0) is 14.3 Å². The zero-order valence-corrected chi connectivity index (χ0v) is 15.3. The second-order valence-electron chi connectivity index (χ2n) is 5.30. The SMILES string of the molecule is O=C([O-])[C@@H](O)[C@@H](O[C@@H]1O[C@H](CO)[C@H](O)[C@H](O)[C@H]1O)[C@H](O)[C@@H](O)CO.[Na+]. The Bertz CT molecular complexity index is 410. The van der Waals surface area contributed by atoms with Crippen LogP contribution in [0.5, 0.6) is 0 Å². The third-order valence-electron chi connectivity index (χ3n) is 3.61. The number of aliphatic hydroxyl groups excluding tert-OH is 8. The third kappa shape index (κ3) is 6.04. The summed E-state index contributed by atoms with van der Waals surface area (Å²) in [7, 11) is 0. The average Bonchev–Trinajstić information content (AvgIpc) is 2.57. The van der Waals surface area contributed by atoms with Crippen molar-refractivity contribution in [3.63, 3.8) is 0 Å². The Kier molecular flexibility index (Phi) is 11.1. The number of aliphatic hydroxyl groups is 8. The fourth-order valence-corrected chi connectivity index (χ4v) is 2.14. The molecule has 1 heterocycles. The number of carbonyl (C=O) groups excluding carboxylic acids is 1. The van der Waals surface area contributed by atoms with Gasteiger partial charge >= 0.3 is 29.6 Å². The summed E-state index contributed by atoms with van der Waals surface area (Å²) in [5.74, 6) is -2.09. The van der Waals surface area contributed by atoms with Gasteiger partial charge in [0.25, 0.3) is 0 Å². The summed E-state index contributed by atoms with van der Waals surface area (Å²) >= 11 is 0. The standard InChI is InChI=1S/C12H22O12.Na/c13-1-3(15)5(16)10(9(20)11(21)22)24-12-8(19)7(18)6(17)4(2-14)23-12;/h3-10,12-20H,1-2H2,(H,21,22);/q;+1/p-1/t3-,4+,5+,6-,7-,8+,9-,10-,12-;/m0./s1. The fraction of sp³-hybridized carbons (Fsp3) is 0.917. The van der Waals surface area contributed by atoms with Crippen LogP contribution in [0, 0.1) is 0 Å². The maximum absolute atomic E-state index is 10.8. The Morgan fingerprint density at radius 3 is 2.08 bits per heavy atom. The van der Waals surface area contributed by atoms with Gasteiger partial charge in [0.1, 0.15) is 48.8 Å². The van der Waals surface area contributed by atoms with Crippen molar-refractivity contribution >= 4 is 5.97 Å². The molecule has 13 heteroatoms. The van der Waals surface area contributed by atoms with Crippen LogP contribution in [0.1, 0.15) is 0 Å². The number of carboxylic acids is 1. The topological polar surface area (TPSA) is 220 Å². The van der Waals surface area contributed by atoms with E-state index in [1.54, 1.807) is 0 Å². The minimum Gasteiger partial charge on any atom is -0.547 e. The van der Waals surface area contributed by atoms with Gasteiger partial charge < -0.3 is 60.2 Å². The van der Waals surface area contributed by atoms with Crippen LogP contribution >= 0.6 is 0 Å². The van der Waals surface area contributed by atoms with Crippen LogP contribution in [-0.4, -0.2) is 115 Å². The Balaban J connectivity index is 0.00000576. The maximum atomic E-state index is 10.8. The van der Waals surface area contributed by atoms with Gasteiger partial charge in [-0.2, -0.15) is 0 Å². The van der Waals surface area contributed by atoms with Crippen LogP contribution in [0.15, 0.2) is 0 Å². The minimum atomic E-state index is -2.49. The van der Waals surface area contributed by atoms with Crippen LogP contribution in [0.4, 0.5) is 0 Å². The molecule has 1 rings (SSSR count). The van der Waals surface area contributed by atoms with Crippen molar-refractivity contribution < 1.29 is 89.8 Å². The molecule has 0 aromatic heterocycles. The van der Waals surface area contributed by atoms with Crippen molar-refractivity contribution in [2.45, 2.75) is 55.1 Å². The quantitative estimate of drug-likeness (QED) is 0.184. The van der Waals surface area contributed by atoms with Gasteiger partial charge in [0.2, 0.25) is 0 Å². The number of hydrogen-bond acceptors (Lipinski definition) is 12. The molecule has 0 radical (unpaired) electrons. The van der Waals surface area contributed by atoms with Crippen molar-refractivity contribution in [3.8, 4) is 0 Å². The first kappa shape index (κ1) is 25.1. The summed E-state index contributed by atoms with van der Waals surface area (Å²) in [5.41, 5.74) is 0. The van der Waals surface area contributed by atoms with Crippen LogP contribution in [0.3, 0.4) is 0 Å². The van der Waals surface area contributed by atoms with E-state index in [4.69, 9.17) is 19.7 Å². The first-order valence-electron chi connectivity index (χ1n) is 6.97. The van der Waals surface area contributed by atoms with Gasteiger partial charge in [0.05, 0.1) is 19.2 Å². The summed E-state index contributed by atoms with van der Waals surface area (Å²) < 4.78 is 9.86. The largest absolute Gasteiger partial charge is 1.00 e. The summed E-state index contributed by atoms with van der Waals surface area (Å²) in [5, 5.41) is 86.3. The van der Waals surface area contributed by atoms with E-state index in [2.05, 4.69) is 0 Å². The molecule has 1 saturated heterocycles. The molecule has 142 valence electrons. The summed E-state index contributed by atoms with van der Waals surface area (Å²) in [6.45, 7) is -1.80. The minimum absolute atomic E-state index is 0. The Morgan fingerprint density at radius 2 is 1.64 bits per heavy atom. The molecule has 25 heavy (non-hydrogen) atoms. The Hall–Kier alpha value is 0.0700. The first-order valence-corrected chi connectivity index (χ1v) is 6.97. The molecule has 12 nitrogen and oxygen atoms in total. The van der Waals surface area contributed by atoms with Crippen molar-refractivity contribution in [2.75, 3.05) is 13.2 Å². The van der Waals surface area contributed by atoms with Crippen LogP contribution < -0.4 is 34.7 Å². The van der Waals surface area contributed by atoms with Crippen molar-refractivity contribution in [1.29, 1.82) is 0 Å². The van der Waals surface area contributed by atoms with E-state index in [0.29, 0.717) is 0 Å². The predicted molar refractivity (Wildman–Crippen MR) is 68.8 cm³/mol. The Morgan fingerprint density at radius 1 is 1.08 bits per heavy atom. The average molecular weight is 380 g/mol. The van der Waals surface area contributed by atoms with Crippen LogP contribution in [0.2, 0.25) is 0 Å². The van der Waals surface area contributed by atoms with Crippen molar-refractivity contribution in [1.82, 2.24) is 0 Å². The normalized spacial score (nSPS) is 34.5. The Labute approximate surface area is 164 Å². The molecule has 1 aliphatic heterocycles. The fourth-order valence-electron chi connectivity index (χ4n) is 2.14. The van der Waals surface area contributed by atoms with E-state index in [9.17, 15) is 40.5 Å². The summed E-state index contributed by atoms with van der Waals surface area (Å²) in [4.78, 5) is 10.8.